The van der Waals surface area contributed by atoms with Gasteiger partial charge in [-0.05, 0) is 57.6 Å². The first-order chi connectivity index (χ1) is 16.6. The van der Waals surface area contributed by atoms with E-state index in [4.69, 9.17) is 9.79 Å². The first kappa shape index (κ1) is 27.7. The summed E-state index contributed by atoms with van der Waals surface area (Å²) >= 11 is 0. The van der Waals surface area contributed by atoms with E-state index >= 15 is 0 Å². The Kier molecular flexibility index (Phi) is 8.14. The lowest BCUT2D eigenvalue weighted by molar-refractivity contribution is 0.253. The van der Waals surface area contributed by atoms with Gasteiger partial charge < -0.3 is 15.1 Å². The molecule has 0 unspecified atom stereocenters. The molecule has 0 heterocycles. The number of rotatable bonds is 6. The van der Waals surface area contributed by atoms with Gasteiger partial charge in [0.2, 0.25) is 0 Å². The largest absolute Gasteiger partial charge is 0.431 e. The maximum absolute atomic E-state index is 12.3. The first-order valence-corrected chi connectivity index (χ1v) is 13.7. The predicted molar refractivity (Wildman–Crippen MR) is 148 cm³/mol. The first-order valence-electron chi connectivity index (χ1n) is 12.1. The number of carbonyl (C=O) groups excluding carboxylic acids is 1. The van der Waals surface area contributed by atoms with Gasteiger partial charge in [-0.25, -0.2) is 14.4 Å². The van der Waals surface area contributed by atoms with Gasteiger partial charge in [-0.1, -0.05) is 102 Å². The Balaban J connectivity index is 1.96. The number of amides is 2. The van der Waals surface area contributed by atoms with Crippen LogP contribution in [0.1, 0.15) is 52.7 Å². The van der Waals surface area contributed by atoms with E-state index < -0.39 is 13.8 Å². The molecule has 36 heavy (non-hydrogen) atoms. The molecule has 0 saturated heterocycles. The van der Waals surface area contributed by atoms with E-state index in [1.54, 1.807) is 5.09 Å². The van der Waals surface area contributed by atoms with Crippen molar-refractivity contribution in [3.05, 3.63) is 77.9 Å². The van der Waals surface area contributed by atoms with Gasteiger partial charge in [-0.15, -0.1) is 0 Å². The lowest BCUT2D eigenvalue weighted by Gasteiger charge is -2.19. The van der Waals surface area contributed by atoms with Crippen LogP contribution in [-0.2, 0) is 17.4 Å². The smallest absolute Gasteiger partial charge is 0.308 e. The van der Waals surface area contributed by atoms with E-state index in [2.05, 4.69) is 83.3 Å². The van der Waals surface area contributed by atoms with Crippen LogP contribution in [-0.4, -0.2) is 15.8 Å². The van der Waals surface area contributed by atoms with Crippen LogP contribution in [0.15, 0.2) is 66.7 Å². The van der Waals surface area contributed by atoms with E-state index in [1.807, 2.05) is 30.3 Å². The molecular formula is C29H37N2O4P. The molecule has 192 valence electrons. The fourth-order valence-electron chi connectivity index (χ4n) is 4.20. The van der Waals surface area contributed by atoms with Gasteiger partial charge in [-0.3, -0.25) is 0 Å². The zero-order valence-electron chi connectivity index (χ0n) is 21.9. The normalized spacial score (nSPS) is 12.3. The topological polar surface area (TPSA) is 98.7 Å². The molecule has 3 aromatic carbocycles. The molecule has 0 aliphatic rings. The van der Waals surface area contributed by atoms with Crippen molar-refractivity contribution in [1.29, 1.82) is 0 Å². The molecule has 0 bridgehead atoms. The summed E-state index contributed by atoms with van der Waals surface area (Å²) in [6.45, 7) is 13.2. The predicted octanol–water partition coefficient (Wildman–Crippen LogP) is 7.41. The van der Waals surface area contributed by atoms with Crippen LogP contribution in [0.3, 0.4) is 0 Å². The molecule has 0 atom stereocenters. The molecule has 0 aliphatic carbocycles. The van der Waals surface area contributed by atoms with Crippen LogP contribution in [0.4, 0.5) is 10.5 Å². The molecule has 0 saturated carbocycles. The quantitative estimate of drug-likeness (QED) is 0.261. The van der Waals surface area contributed by atoms with Crippen molar-refractivity contribution in [2.75, 3.05) is 5.32 Å². The van der Waals surface area contributed by atoms with Crippen LogP contribution >= 0.6 is 7.75 Å². The third-order valence-electron chi connectivity index (χ3n) is 5.54. The second-order valence-corrected chi connectivity index (χ2v) is 13.1. The Bertz CT molecular complexity index is 1250. The van der Waals surface area contributed by atoms with Crippen LogP contribution in [0.25, 0.3) is 22.3 Å². The number of hydrogen-bond donors (Lipinski definition) is 4. The number of carbonyl (C=O) groups is 1. The Morgan fingerprint density at radius 1 is 0.722 bits per heavy atom. The molecule has 0 aliphatic heterocycles. The van der Waals surface area contributed by atoms with Gasteiger partial charge in [0.05, 0.1) is 5.69 Å². The van der Waals surface area contributed by atoms with Gasteiger partial charge in [0, 0.05) is 5.56 Å². The highest BCUT2D eigenvalue weighted by molar-refractivity contribution is 7.50. The molecule has 0 fully saturated rings. The summed E-state index contributed by atoms with van der Waals surface area (Å²) in [7, 11) is -4.73. The van der Waals surface area contributed by atoms with E-state index in [1.165, 1.54) is 11.1 Å². The number of anilines is 1. The van der Waals surface area contributed by atoms with Crippen molar-refractivity contribution in [3.63, 3.8) is 0 Å². The highest BCUT2D eigenvalue weighted by Gasteiger charge is 2.19. The second kappa shape index (κ2) is 10.6. The number of hydrogen-bond acceptors (Lipinski definition) is 2. The summed E-state index contributed by atoms with van der Waals surface area (Å²) in [5, 5.41) is 4.31. The lowest BCUT2D eigenvalue weighted by atomic mass is 9.87. The third kappa shape index (κ3) is 8.63. The fourth-order valence-corrected chi connectivity index (χ4v) is 4.52. The maximum atomic E-state index is 12.3. The van der Waals surface area contributed by atoms with Gasteiger partial charge in [0.1, 0.15) is 0 Å². The summed E-state index contributed by atoms with van der Waals surface area (Å²) in [5.41, 5.74) is 6.80. The van der Waals surface area contributed by atoms with E-state index in [-0.39, 0.29) is 10.8 Å². The van der Waals surface area contributed by atoms with Crippen LogP contribution in [0.2, 0.25) is 0 Å². The van der Waals surface area contributed by atoms with Gasteiger partial charge >= 0.3 is 13.8 Å². The Labute approximate surface area is 214 Å². The summed E-state index contributed by atoms with van der Waals surface area (Å²) in [6.07, 6.45) is 1.90. The van der Waals surface area contributed by atoms with Crippen molar-refractivity contribution in [2.45, 2.75) is 54.4 Å². The molecule has 2 amide bonds. The van der Waals surface area contributed by atoms with E-state index in [9.17, 15) is 9.36 Å². The van der Waals surface area contributed by atoms with Crippen molar-refractivity contribution >= 4 is 19.5 Å². The Morgan fingerprint density at radius 2 is 1.17 bits per heavy atom. The van der Waals surface area contributed by atoms with E-state index in [0.29, 0.717) is 5.69 Å². The Hall–Kier alpha value is -2.92. The molecule has 0 spiro atoms. The van der Waals surface area contributed by atoms with Crippen molar-refractivity contribution in [1.82, 2.24) is 5.09 Å². The van der Waals surface area contributed by atoms with E-state index in [0.717, 1.165) is 35.1 Å². The summed E-state index contributed by atoms with van der Waals surface area (Å²) in [6, 6.07) is 21.2. The molecule has 7 heteroatoms. The molecule has 3 rings (SSSR count). The van der Waals surface area contributed by atoms with Crippen molar-refractivity contribution < 1.29 is 19.1 Å². The number of nitrogens with one attached hydrogen (secondary N) is 2. The zero-order valence-corrected chi connectivity index (χ0v) is 22.8. The van der Waals surface area contributed by atoms with Crippen LogP contribution < -0.4 is 10.4 Å². The maximum Gasteiger partial charge on any atom is 0.431 e. The SMILES string of the molecule is CC(C)(C)Cc1ccc(-c2ccc(-c3ccc(CC(C)(C)C)cc3)c(NC(=O)NP(=O)(O)O)c2)cc1. The van der Waals surface area contributed by atoms with Crippen molar-refractivity contribution in [3.8, 4) is 22.3 Å². The van der Waals surface area contributed by atoms with Gasteiger partial charge in [0.25, 0.3) is 0 Å². The standard InChI is InChI=1S/C29H37N2O4P/c1-28(2,3)18-20-7-11-22(12-8-20)24-15-16-25(26(17-24)30-27(32)31-36(33,34)35)23-13-9-21(10-14-23)19-29(4,5)6/h7-17H,18-19H2,1-6H3,(H4,30,31,32,33,34,35). The summed E-state index contributed by atoms with van der Waals surface area (Å²) < 4.78 is 11.3. The van der Waals surface area contributed by atoms with Crippen molar-refractivity contribution in [2.24, 2.45) is 10.8 Å². The van der Waals surface area contributed by atoms with Crippen LogP contribution in [0.5, 0.6) is 0 Å². The average Bonchev–Trinajstić information content (AvgIpc) is 2.71. The summed E-state index contributed by atoms with van der Waals surface area (Å²) in [4.78, 5) is 30.6. The number of urea groups is 1. The molecule has 0 aromatic heterocycles. The second-order valence-electron chi connectivity index (χ2n) is 11.7. The third-order valence-corrected chi connectivity index (χ3v) is 6.03. The highest BCUT2D eigenvalue weighted by Crippen LogP contribution is 2.35. The molecule has 4 N–H and O–H groups in total. The zero-order chi connectivity index (χ0) is 26.7. The number of benzene rings is 3. The lowest BCUT2D eigenvalue weighted by Crippen LogP contribution is -2.26. The van der Waals surface area contributed by atoms with Gasteiger partial charge in [0.15, 0.2) is 0 Å². The minimum absolute atomic E-state index is 0.166. The fraction of sp³-hybridized carbons (Fsp3) is 0.345. The monoisotopic (exact) mass is 508 g/mol. The Morgan fingerprint density at radius 3 is 1.61 bits per heavy atom. The van der Waals surface area contributed by atoms with Crippen LogP contribution in [0, 0.1) is 10.8 Å². The molecule has 6 nitrogen and oxygen atoms in total. The highest BCUT2D eigenvalue weighted by atomic mass is 31.2. The molecular weight excluding hydrogens is 471 g/mol. The molecule has 0 radical (unpaired) electrons. The summed E-state index contributed by atoms with van der Waals surface area (Å²) in [5.74, 6) is 0. The minimum atomic E-state index is -4.73. The van der Waals surface area contributed by atoms with Gasteiger partial charge in [-0.2, -0.15) is 0 Å². The molecule has 3 aromatic rings. The minimum Gasteiger partial charge on any atom is -0.308 e. The average molecular weight is 509 g/mol.